The number of aromatic amines is 1. The van der Waals surface area contributed by atoms with Crippen molar-refractivity contribution >= 4 is 106 Å². The summed E-state index contributed by atoms with van der Waals surface area (Å²) in [6.07, 6.45) is 28.3. The first-order chi connectivity index (χ1) is 65.7. The van der Waals surface area contributed by atoms with E-state index in [-0.39, 0.29) is 73.2 Å². The second-order valence-electron chi connectivity index (χ2n) is 34.9. The SMILES string of the molecule is CC(C)(C)N1CCN(CCCc2cnc3ccc(-c4cn[nH]c4-c4cc(Cl)c(F)cc4F)nc3c2)CC1.CCCCc1cnc2ccc(-c3cn(C4CCCCO4)nc3-c3cc(Cl)c(F)cc3F)nc2c1.Fc1cc(F)c(-c2nn(C3CCCCO3)cc2-c2ccc3ncc(Br)cc3n2)cc1Cl.OCCCc1cnc2ccc(-c3cn(C4CCCCO4)nc3-c3cc(Cl)c(F)cc3F)nc2c1. The molecule has 0 bridgehead atoms. The van der Waals surface area contributed by atoms with E-state index < -0.39 is 46.5 Å². The molecule has 16 heterocycles. The first-order valence-electron chi connectivity index (χ1n) is 45.3. The van der Waals surface area contributed by atoms with Gasteiger partial charge in [-0.2, -0.15) is 20.4 Å². The van der Waals surface area contributed by atoms with Crippen molar-refractivity contribution < 1.29 is 54.4 Å². The molecule has 22 nitrogen and oxygen atoms in total. The minimum absolute atomic E-state index is 0.0904. The van der Waals surface area contributed by atoms with Gasteiger partial charge in [-0.3, -0.25) is 29.9 Å². The summed E-state index contributed by atoms with van der Waals surface area (Å²) in [6.45, 7) is 16.5. The van der Waals surface area contributed by atoms with Crippen LogP contribution in [0.5, 0.6) is 0 Å². The molecule has 704 valence electrons. The Kier molecular flexibility index (Phi) is 30.7. The maximum absolute atomic E-state index is 14.9. The maximum atomic E-state index is 14.9. The van der Waals surface area contributed by atoms with Gasteiger partial charge in [0.25, 0.3) is 0 Å². The van der Waals surface area contributed by atoms with Crippen LogP contribution in [0.1, 0.15) is 147 Å². The highest BCUT2D eigenvalue weighted by molar-refractivity contribution is 9.10. The molecule has 0 spiro atoms. The van der Waals surface area contributed by atoms with E-state index in [1.54, 1.807) is 57.2 Å². The Bertz CT molecular complexity index is 6820. The van der Waals surface area contributed by atoms with Crippen LogP contribution < -0.4 is 0 Å². The topological polar surface area (TPSA) is 240 Å². The van der Waals surface area contributed by atoms with Crippen LogP contribution in [0.2, 0.25) is 20.1 Å². The van der Waals surface area contributed by atoms with Crippen molar-refractivity contribution in [2.45, 2.75) is 155 Å². The smallest absolute Gasteiger partial charge is 0.150 e. The van der Waals surface area contributed by atoms with Crippen LogP contribution >= 0.6 is 62.3 Å². The molecule has 4 aromatic carbocycles. The summed E-state index contributed by atoms with van der Waals surface area (Å²) in [6, 6.07) is 30.8. The van der Waals surface area contributed by atoms with Gasteiger partial charge in [0, 0.05) is 175 Å². The molecule has 0 radical (unpaired) electrons. The van der Waals surface area contributed by atoms with Crippen LogP contribution in [0.15, 0.2) is 175 Å². The van der Waals surface area contributed by atoms with Crippen LogP contribution in [-0.4, -0.2) is 159 Å². The van der Waals surface area contributed by atoms with Crippen LogP contribution in [0, 0.1) is 46.5 Å². The molecule has 3 unspecified atom stereocenters. The Morgan fingerprint density at radius 3 is 1.12 bits per heavy atom. The van der Waals surface area contributed by atoms with E-state index in [1.165, 1.54) is 24.3 Å². The molecule has 0 aliphatic carbocycles. The number of nitrogens with one attached hydrogen (secondary N) is 1. The van der Waals surface area contributed by atoms with Crippen molar-refractivity contribution in [1.29, 1.82) is 0 Å². The van der Waals surface area contributed by atoms with Crippen LogP contribution in [0.4, 0.5) is 35.1 Å². The third-order valence-electron chi connectivity index (χ3n) is 24.4. The number of pyridine rings is 8. The molecular weight excluding hydrogens is 1900 g/mol. The average Bonchev–Trinajstić information content (AvgIpc) is 1.64. The second-order valence-corrected chi connectivity index (χ2v) is 37.4. The zero-order valence-corrected chi connectivity index (χ0v) is 79.4. The number of unbranched alkanes of at least 4 members (excludes halogenated alkanes) is 1. The molecule has 0 saturated carbocycles. The molecular formula is C101H95BrCl4F8N18O4. The summed E-state index contributed by atoms with van der Waals surface area (Å²) in [5, 5.41) is 29.2. The maximum Gasteiger partial charge on any atom is 0.150 e. The number of piperazine rings is 1. The molecule has 4 saturated heterocycles. The lowest BCUT2D eigenvalue weighted by atomic mass is 10.0. The van der Waals surface area contributed by atoms with Gasteiger partial charge in [-0.15, -0.1) is 0 Å². The molecule has 20 rings (SSSR count). The van der Waals surface area contributed by atoms with E-state index >= 15 is 0 Å². The van der Waals surface area contributed by atoms with E-state index in [0.29, 0.717) is 112 Å². The van der Waals surface area contributed by atoms with E-state index in [9.17, 15) is 35.1 Å². The summed E-state index contributed by atoms with van der Waals surface area (Å²) in [5.41, 5.74) is 16.0. The molecule has 0 amide bonds. The van der Waals surface area contributed by atoms with Crippen LogP contribution in [0.25, 0.3) is 134 Å². The van der Waals surface area contributed by atoms with Gasteiger partial charge in [0.1, 0.15) is 82.3 Å². The number of ether oxygens (including phenoxy) is 3. The normalized spacial score (nSPS) is 16.2. The van der Waals surface area contributed by atoms with Crippen molar-refractivity contribution in [2.75, 3.05) is 59.2 Å². The minimum Gasteiger partial charge on any atom is -0.396 e. The zero-order valence-electron chi connectivity index (χ0n) is 74.8. The number of rotatable bonds is 21. The van der Waals surface area contributed by atoms with Gasteiger partial charge in [-0.05, 0) is 253 Å². The molecule has 4 fully saturated rings. The van der Waals surface area contributed by atoms with Crippen molar-refractivity contribution in [3.63, 3.8) is 0 Å². The Balaban J connectivity index is 0.000000126. The molecule has 4 aliphatic rings. The highest BCUT2D eigenvalue weighted by atomic mass is 79.9. The van der Waals surface area contributed by atoms with Gasteiger partial charge < -0.3 is 24.2 Å². The van der Waals surface area contributed by atoms with Crippen molar-refractivity contribution in [1.82, 2.24) is 89.2 Å². The Hall–Kier alpha value is -11.2. The van der Waals surface area contributed by atoms with Crippen LogP contribution in [0.3, 0.4) is 0 Å². The molecule has 35 heteroatoms. The third-order valence-corrected chi connectivity index (χ3v) is 25.9. The Labute approximate surface area is 807 Å². The van der Waals surface area contributed by atoms with E-state index in [4.69, 9.17) is 85.7 Å². The summed E-state index contributed by atoms with van der Waals surface area (Å²) < 4.78 is 138. The van der Waals surface area contributed by atoms with E-state index in [0.717, 1.165) is 201 Å². The summed E-state index contributed by atoms with van der Waals surface area (Å²) in [4.78, 5) is 42.1. The highest BCUT2D eigenvalue weighted by Gasteiger charge is 2.31. The predicted molar refractivity (Wildman–Crippen MR) is 515 cm³/mol. The number of aryl methyl sites for hydroxylation is 3. The number of hydrogen-bond donors (Lipinski definition) is 2. The van der Waals surface area contributed by atoms with Gasteiger partial charge in [0.2, 0.25) is 0 Å². The van der Waals surface area contributed by atoms with E-state index in [1.807, 2.05) is 73.2 Å². The minimum atomic E-state index is -0.829. The third kappa shape index (κ3) is 22.5. The fourth-order valence-electron chi connectivity index (χ4n) is 17.0. The van der Waals surface area contributed by atoms with Crippen molar-refractivity contribution in [3.8, 4) is 90.1 Å². The zero-order chi connectivity index (χ0) is 95.0. The van der Waals surface area contributed by atoms with Gasteiger partial charge in [0.05, 0.1) is 98.9 Å². The lowest BCUT2D eigenvalue weighted by molar-refractivity contribution is -0.0394. The first-order valence-corrected chi connectivity index (χ1v) is 47.6. The van der Waals surface area contributed by atoms with E-state index in [2.05, 4.69) is 105 Å². The number of aromatic nitrogens is 16. The van der Waals surface area contributed by atoms with Gasteiger partial charge in [-0.25, -0.2) is 69.1 Å². The quantitative estimate of drug-likeness (QED) is 0.0502. The fourth-order valence-corrected chi connectivity index (χ4v) is 18.0. The molecule has 12 aromatic heterocycles. The number of fused-ring (bicyclic) bond motifs is 4. The fraction of sp³-hybridized carbons (Fsp3) is 0.327. The molecule has 16 aromatic rings. The summed E-state index contributed by atoms with van der Waals surface area (Å²) in [5.74, 6) is -6.23. The Morgan fingerprint density at radius 1 is 0.397 bits per heavy atom. The molecule has 2 N–H and O–H groups in total. The lowest BCUT2D eigenvalue weighted by Gasteiger charge is -2.42. The van der Waals surface area contributed by atoms with Crippen molar-refractivity contribution in [3.05, 3.63) is 259 Å². The number of hydrogen-bond acceptors (Lipinski definition) is 18. The number of benzene rings is 4. The molecule has 4 aliphatic heterocycles. The number of halogens is 13. The van der Waals surface area contributed by atoms with Gasteiger partial charge in [-0.1, -0.05) is 59.7 Å². The highest BCUT2D eigenvalue weighted by Crippen LogP contribution is 2.43. The number of aliphatic hydroxyl groups is 1. The molecule has 3 atom stereocenters. The standard InChI is InChI=1S/C28H31ClF2N6.C26H25ClF2N4O.C25H23ClF2N4O2.C22H16BrClF2N4O/c1-28(2,3)37-11-9-36(10-12-37)8-4-5-18-13-26-25(32-16-18)7-6-24(34-26)20-17-33-35-27(20)19-14-21(29)23(31)15-22(19)30;1-2-3-6-16-11-24-23(30-14-16)9-8-22(31-24)18-15-33(25-7-4-5-10-34-25)32-26(18)17-12-19(27)21(29)13-20(17)28;26-18-11-16(19(27)12-20(18)28)25-17(14-32(31-25)24-5-1-2-9-34-24)21-6-7-22-23(30-21)10-15(13-29-22)4-3-8-33;23-12-7-20-19(27-10-12)5-4-18(28-20)14-11-30(21-3-1-2-6-31-21)29-22(14)13-8-15(24)17(26)9-16(13)25/h6-7,13-17H,4-5,8-12H2,1-3H3,(H,33,35);8-9,11-15,25H,2-7,10H2,1H3;6-7,10-14,24,33H,1-5,8-9H2;4-5,7-11,21H,1-3,6H2. The number of nitrogens with zero attached hydrogens (tertiary/aromatic N) is 17. The van der Waals surface area contributed by atoms with Crippen LogP contribution in [-0.2, 0) is 33.5 Å². The number of H-pyrrole nitrogens is 1. The largest absolute Gasteiger partial charge is 0.396 e. The monoisotopic (exact) mass is 1990 g/mol. The lowest BCUT2D eigenvalue weighted by Crippen LogP contribution is -2.53. The first kappa shape index (κ1) is 96.5. The predicted octanol–water partition coefficient (Wildman–Crippen LogP) is 25.4. The van der Waals surface area contributed by atoms with Crippen molar-refractivity contribution in [2.24, 2.45) is 0 Å². The summed E-state index contributed by atoms with van der Waals surface area (Å²) >= 11 is 27.3. The second kappa shape index (κ2) is 43.2. The summed E-state index contributed by atoms with van der Waals surface area (Å²) in [7, 11) is 0. The van der Waals surface area contributed by atoms with Gasteiger partial charge in [0.15, 0.2) is 0 Å². The Morgan fingerprint density at radius 2 is 0.750 bits per heavy atom. The average molecular weight is 2000 g/mol. The number of aliphatic hydroxyl groups excluding tert-OH is 1. The molecule has 136 heavy (non-hydrogen) atoms. The van der Waals surface area contributed by atoms with Gasteiger partial charge >= 0.3 is 0 Å².